The quantitative estimate of drug-likeness (QED) is 0.726. The Morgan fingerprint density at radius 1 is 0.875 bits per heavy atom. The van der Waals surface area contributed by atoms with Crippen molar-refractivity contribution in [3.63, 3.8) is 0 Å². The van der Waals surface area contributed by atoms with E-state index in [-0.39, 0.29) is 5.56 Å². The van der Waals surface area contributed by atoms with Crippen LogP contribution in [0.4, 0.5) is 20.2 Å². The molecule has 0 unspecified atom stereocenters. The van der Waals surface area contributed by atoms with Gasteiger partial charge in [0, 0.05) is 5.56 Å². The Hall–Kier alpha value is -2.10. The Morgan fingerprint density at radius 2 is 1.62 bits per heavy atom. The van der Waals surface area contributed by atoms with Crippen LogP contribution in [0.1, 0.15) is 0 Å². The molecular formula is C12H10F2N2. The molecule has 0 saturated heterocycles. The molecule has 82 valence electrons. The first kappa shape index (κ1) is 10.4. The van der Waals surface area contributed by atoms with E-state index in [0.717, 1.165) is 6.07 Å². The van der Waals surface area contributed by atoms with Gasteiger partial charge in [0.15, 0.2) is 11.6 Å². The first-order valence-electron chi connectivity index (χ1n) is 4.69. The second-order valence-corrected chi connectivity index (χ2v) is 3.45. The van der Waals surface area contributed by atoms with Crippen LogP contribution in [0.3, 0.4) is 0 Å². The molecule has 0 spiro atoms. The minimum atomic E-state index is -0.883. The van der Waals surface area contributed by atoms with Crippen LogP contribution in [0.25, 0.3) is 11.1 Å². The third kappa shape index (κ3) is 1.69. The van der Waals surface area contributed by atoms with Gasteiger partial charge in [0.05, 0.1) is 11.4 Å². The van der Waals surface area contributed by atoms with Crippen molar-refractivity contribution in [3.8, 4) is 11.1 Å². The maximum atomic E-state index is 13.5. The molecule has 2 nitrogen and oxygen atoms in total. The van der Waals surface area contributed by atoms with E-state index >= 15 is 0 Å². The van der Waals surface area contributed by atoms with Gasteiger partial charge >= 0.3 is 0 Å². The van der Waals surface area contributed by atoms with Gasteiger partial charge in [-0.15, -0.1) is 0 Å². The van der Waals surface area contributed by atoms with E-state index in [1.807, 2.05) is 0 Å². The summed E-state index contributed by atoms with van der Waals surface area (Å²) in [4.78, 5) is 0. The number of halogens is 2. The molecule has 4 heteroatoms. The predicted molar refractivity (Wildman–Crippen MR) is 60.6 cm³/mol. The van der Waals surface area contributed by atoms with Crippen molar-refractivity contribution in [1.82, 2.24) is 0 Å². The molecule has 2 rings (SSSR count). The highest BCUT2D eigenvalue weighted by atomic mass is 19.2. The van der Waals surface area contributed by atoms with Crippen LogP contribution < -0.4 is 11.5 Å². The molecule has 0 atom stereocenters. The summed E-state index contributed by atoms with van der Waals surface area (Å²) in [5, 5.41) is 0. The third-order valence-electron chi connectivity index (χ3n) is 2.35. The molecule has 2 aromatic rings. The maximum absolute atomic E-state index is 13.5. The smallest absolute Gasteiger partial charge is 0.166 e. The van der Waals surface area contributed by atoms with Crippen molar-refractivity contribution in [2.75, 3.05) is 11.5 Å². The molecule has 0 fully saturated rings. The summed E-state index contributed by atoms with van der Waals surface area (Å²) in [6, 6.07) is 8.69. The van der Waals surface area contributed by atoms with Crippen molar-refractivity contribution in [1.29, 1.82) is 0 Å². The van der Waals surface area contributed by atoms with Crippen molar-refractivity contribution in [2.24, 2.45) is 0 Å². The Balaban J connectivity index is 2.59. The second-order valence-electron chi connectivity index (χ2n) is 3.45. The van der Waals surface area contributed by atoms with Crippen LogP contribution in [0.15, 0.2) is 36.4 Å². The lowest BCUT2D eigenvalue weighted by Gasteiger charge is -2.06. The van der Waals surface area contributed by atoms with Crippen molar-refractivity contribution in [3.05, 3.63) is 48.0 Å². The Bertz CT molecular complexity index is 539. The van der Waals surface area contributed by atoms with E-state index in [1.54, 1.807) is 12.1 Å². The zero-order valence-corrected chi connectivity index (χ0v) is 8.37. The molecule has 0 aliphatic heterocycles. The summed E-state index contributed by atoms with van der Waals surface area (Å²) in [5.74, 6) is -1.76. The van der Waals surface area contributed by atoms with Crippen LogP contribution in [0.2, 0.25) is 0 Å². The topological polar surface area (TPSA) is 52.0 Å². The van der Waals surface area contributed by atoms with E-state index < -0.39 is 11.6 Å². The van der Waals surface area contributed by atoms with Gasteiger partial charge in [0.1, 0.15) is 0 Å². The number of nitrogen functional groups attached to an aromatic ring is 2. The van der Waals surface area contributed by atoms with Gasteiger partial charge in [0.25, 0.3) is 0 Å². The van der Waals surface area contributed by atoms with Crippen LogP contribution in [-0.4, -0.2) is 0 Å². The standard InChI is InChI=1S/C12H10F2N2/c13-9-3-1-2-8(12(9)14)7-4-5-10(15)11(16)6-7/h1-6H,15-16H2. The van der Waals surface area contributed by atoms with Crippen LogP contribution in [-0.2, 0) is 0 Å². The lowest BCUT2D eigenvalue weighted by molar-refractivity contribution is 0.511. The summed E-state index contributed by atoms with van der Waals surface area (Å²) in [6.07, 6.45) is 0. The van der Waals surface area contributed by atoms with Crippen LogP contribution >= 0.6 is 0 Å². The minimum Gasteiger partial charge on any atom is -0.397 e. The average Bonchev–Trinajstić information content (AvgIpc) is 2.26. The van der Waals surface area contributed by atoms with E-state index in [1.165, 1.54) is 18.2 Å². The number of hydrogen-bond acceptors (Lipinski definition) is 2. The third-order valence-corrected chi connectivity index (χ3v) is 2.35. The molecular weight excluding hydrogens is 210 g/mol. The highest BCUT2D eigenvalue weighted by molar-refractivity contribution is 5.74. The van der Waals surface area contributed by atoms with Gasteiger partial charge in [-0.3, -0.25) is 0 Å². The number of benzene rings is 2. The molecule has 4 N–H and O–H groups in total. The second kappa shape index (κ2) is 3.81. The molecule has 0 aliphatic rings. The van der Waals surface area contributed by atoms with Crippen molar-refractivity contribution >= 4 is 11.4 Å². The fourth-order valence-corrected chi connectivity index (χ4v) is 1.47. The molecule has 0 aromatic heterocycles. The SMILES string of the molecule is Nc1ccc(-c2cccc(F)c2F)cc1N. The molecule has 0 bridgehead atoms. The highest BCUT2D eigenvalue weighted by Gasteiger charge is 2.10. The highest BCUT2D eigenvalue weighted by Crippen LogP contribution is 2.28. The fourth-order valence-electron chi connectivity index (χ4n) is 1.47. The van der Waals surface area contributed by atoms with E-state index in [0.29, 0.717) is 16.9 Å². The van der Waals surface area contributed by atoms with Crippen LogP contribution in [0.5, 0.6) is 0 Å². The number of hydrogen-bond donors (Lipinski definition) is 2. The lowest BCUT2D eigenvalue weighted by Crippen LogP contribution is -1.95. The fraction of sp³-hybridized carbons (Fsp3) is 0. The Labute approximate surface area is 91.5 Å². The number of rotatable bonds is 1. The number of anilines is 2. The summed E-state index contributed by atoms with van der Waals surface area (Å²) in [7, 11) is 0. The molecule has 0 amide bonds. The van der Waals surface area contributed by atoms with Gasteiger partial charge in [-0.2, -0.15) is 0 Å². The monoisotopic (exact) mass is 220 g/mol. The molecule has 0 radical (unpaired) electrons. The predicted octanol–water partition coefficient (Wildman–Crippen LogP) is 2.80. The van der Waals surface area contributed by atoms with Crippen LogP contribution in [0, 0.1) is 11.6 Å². The average molecular weight is 220 g/mol. The van der Waals surface area contributed by atoms with Gasteiger partial charge in [-0.05, 0) is 23.8 Å². The molecule has 0 aliphatic carbocycles. The first-order valence-corrected chi connectivity index (χ1v) is 4.69. The normalized spacial score (nSPS) is 10.4. The lowest BCUT2D eigenvalue weighted by atomic mass is 10.0. The summed E-state index contributed by atoms with van der Waals surface area (Å²) >= 11 is 0. The zero-order chi connectivity index (χ0) is 11.7. The summed E-state index contributed by atoms with van der Waals surface area (Å²) < 4.78 is 26.5. The van der Waals surface area contributed by atoms with E-state index in [4.69, 9.17) is 11.5 Å². The Morgan fingerprint density at radius 3 is 2.31 bits per heavy atom. The van der Waals surface area contributed by atoms with Gasteiger partial charge in [-0.25, -0.2) is 8.78 Å². The molecule has 0 heterocycles. The minimum absolute atomic E-state index is 0.173. The summed E-state index contributed by atoms with van der Waals surface area (Å²) in [5.41, 5.74) is 12.6. The zero-order valence-electron chi connectivity index (χ0n) is 8.37. The molecule has 0 saturated carbocycles. The largest absolute Gasteiger partial charge is 0.397 e. The van der Waals surface area contributed by atoms with E-state index in [2.05, 4.69) is 0 Å². The van der Waals surface area contributed by atoms with Gasteiger partial charge in [0.2, 0.25) is 0 Å². The van der Waals surface area contributed by atoms with Crippen molar-refractivity contribution < 1.29 is 8.78 Å². The number of nitrogens with two attached hydrogens (primary N) is 2. The van der Waals surface area contributed by atoms with Gasteiger partial charge < -0.3 is 11.5 Å². The molecule has 16 heavy (non-hydrogen) atoms. The maximum Gasteiger partial charge on any atom is 0.166 e. The summed E-state index contributed by atoms with van der Waals surface area (Å²) in [6.45, 7) is 0. The Kier molecular flexibility index (Phi) is 2.48. The van der Waals surface area contributed by atoms with Gasteiger partial charge in [-0.1, -0.05) is 18.2 Å². The molecule has 2 aromatic carbocycles. The first-order chi connectivity index (χ1) is 7.59. The van der Waals surface area contributed by atoms with E-state index in [9.17, 15) is 8.78 Å². The van der Waals surface area contributed by atoms with Crippen molar-refractivity contribution in [2.45, 2.75) is 0 Å².